The van der Waals surface area contributed by atoms with Crippen LogP contribution in [-0.2, 0) is 14.9 Å². The minimum Gasteiger partial charge on any atom is -0.285 e. The summed E-state index contributed by atoms with van der Waals surface area (Å²) in [6, 6.07) is 9.66. The first-order valence-electron chi connectivity index (χ1n) is 17.9. The quantitative estimate of drug-likeness (QED) is 0.0743. The molecule has 4 heteroatoms. The van der Waals surface area contributed by atoms with E-state index in [1.54, 1.807) is 0 Å². The number of hydrogen-bond donors (Lipinski definition) is 1. The topological polar surface area (TPSA) is 54.4 Å². The summed E-state index contributed by atoms with van der Waals surface area (Å²) >= 11 is 0. The average molecular weight is 593 g/mol. The summed E-state index contributed by atoms with van der Waals surface area (Å²) in [5, 5.41) is 0. The van der Waals surface area contributed by atoms with Crippen LogP contribution < -0.4 is 0 Å². The molecule has 1 aromatic carbocycles. The van der Waals surface area contributed by atoms with Crippen molar-refractivity contribution in [2.24, 2.45) is 5.92 Å². The Hall–Kier alpha value is -0.870. The van der Waals surface area contributed by atoms with Gasteiger partial charge in [0.15, 0.2) is 0 Å². The Balaban J connectivity index is 2.69. The fourth-order valence-corrected chi connectivity index (χ4v) is 7.91. The van der Waals surface area contributed by atoms with Crippen LogP contribution in [-0.4, -0.2) is 13.0 Å². The highest BCUT2D eigenvalue weighted by molar-refractivity contribution is 7.86. The summed E-state index contributed by atoms with van der Waals surface area (Å²) in [6.45, 7) is 6.74. The van der Waals surface area contributed by atoms with E-state index in [0.29, 0.717) is 18.8 Å². The highest BCUT2D eigenvalue weighted by atomic mass is 32.2. The molecule has 0 bridgehead atoms. The van der Waals surface area contributed by atoms with Gasteiger partial charge in [0.2, 0.25) is 0 Å². The molecule has 2 atom stereocenters. The summed E-state index contributed by atoms with van der Waals surface area (Å²) in [7, 11) is -4.26. The molecular weight excluding hydrogens is 524 g/mol. The summed E-state index contributed by atoms with van der Waals surface area (Å²) < 4.78 is 36.1. The van der Waals surface area contributed by atoms with Crippen molar-refractivity contribution in [1.82, 2.24) is 0 Å². The standard InChI is InChI=1S/C37H68O3S/c1-4-7-10-12-13-14-15-16-17-18-19-20-22-28-33-37(41(38,39)40,36-31-26-23-27-32-36)34-35(29-24-9-6-3)30-25-21-11-8-5-2/h23,26-27,31-32,35H,4-22,24-25,28-30,33-34H2,1-3H3,(H,38,39,40). The lowest BCUT2D eigenvalue weighted by Crippen LogP contribution is -2.38. The second kappa shape index (κ2) is 24.6. The van der Waals surface area contributed by atoms with Crippen molar-refractivity contribution in [3.8, 4) is 0 Å². The molecule has 1 N–H and O–H groups in total. The molecule has 0 aromatic heterocycles. The fraction of sp³-hybridized carbons (Fsp3) is 0.838. The molecule has 0 fully saturated rings. The molecule has 0 amide bonds. The zero-order valence-electron chi connectivity index (χ0n) is 27.5. The molecule has 0 saturated heterocycles. The minimum atomic E-state index is -4.26. The molecule has 0 heterocycles. The lowest BCUT2D eigenvalue weighted by molar-refractivity contribution is 0.298. The monoisotopic (exact) mass is 592 g/mol. The van der Waals surface area contributed by atoms with Gasteiger partial charge in [-0.05, 0) is 24.3 Å². The van der Waals surface area contributed by atoms with Crippen LogP contribution in [0.5, 0.6) is 0 Å². The summed E-state index contributed by atoms with van der Waals surface area (Å²) in [5.74, 6) is 0.331. The van der Waals surface area contributed by atoms with Crippen molar-refractivity contribution in [3.63, 3.8) is 0 Å². The second-order valence-corrected chi connectivity index (χ2v) is 14.7. The van der Waals surface area contributed by atoms with E-state index >= 15 is 0 Å². The minimum absolute atomic E-state index is 0.331. The van der Waals surface area contributed by atoms with Crippen molar-refractivity contribution in [3.05, 3.63) is 35.9 Å². The van der Waals surface area contributed by atoms with Crippen molar-refractivity contribution in [2.75, 3.05) is 0 Å². The molecule has 0 spiro atoms. The van der Waals surface area contributed by atoms with Gasteiger partial charge in [-0.3, -0.25) is 4.55 Å². The summed E-state index contributed by atoms with van der Waals surface area (Å²) in [6.07, 6.45) is 30.8. The van der Waals surface area contributed by atoms with E-state index in [1.807, 2.05) is 30.3 Å². The molecule has 1 aromatic rings. The third-order valence-corrected chi connectivity index (χ3v) is 10.9. The number of unbranched alkanes of at least 4 members (excludes halogenated alkanes) is 19. The molecule has 41 heavy (non-hydrogen) atoms. The Bertz CT molecular complexity index is 807. The molecule has 3 nitrogen and oxygen atoms in total. The maximum atomic E-state index is 13.3. The number of benzene rings is 1. The van der Waals surface area contributed by atoms with Crippen LogP contribution >= 0.6 is 0 Å². The van der Waals surface area contributed by atoms with Crippen LogP contribution in [0.25, 0.3) is 0 Å². The molecule has 0 aliphatic carbocycles. The Morgan fingerprint density at radius 3 is 1.37 bits per heavy atom. The maximum absolute atomic E-state index is 13.3. The van der Waals surface area contributed by atoms with Crippen molar-refractivity contribution >= 4 is 10.1 Å². The normalized spacial score (nSPS) is 14.2. The maximum Gasteiger partial charge on any atom is 0.274 e. The van der Waals surface area contributed by atoms with E-state index in [4.69, 9.17) is 0 Å². The molecular formula is C37H68O3S. The van der Waals surface area contributed by atoms with Crippen molar-refractivity contribution < 1.29 is 13.0 Å². The second-order valence-electron chi connectivity index (χ2n) is 13.0. The van der Waals surface area contributed by atoms with Gasteiger partial charge >= 0.3 is 0 Å². The highest BCUT2D eigenvalue weighted by Crippen LogP contribution is 2.43. The van der Waals surface area contributed by atoms with E-state index in [9.17, 15) is 13.0 Å². The van der Waals surface area contributed by atoms with E-state index in [0.717, 1.165) is 50.5 Å². The van der Waals surface area contributed by atoms with Gasteiger partial charge in [0.1, 0.15) is 4.75 Å². The largest absolute Gasteiger partial charge is 0.285 e. The molecule has 0 radical (unpaired) electrons. The highest BCUT2D eigenvalue weighted by Gasteiger charge is 2.45. The first-order chi connectivity index (χ1) is 19.9. The van der Waals surface area contributed by atoms with Crippen LogP contribution in [0, 0.1) is 5.92 Å². The Morgan fingerprint density at radius 2 is 0.927 bits per heavy atom. The number of rotatable bonds is 29. The zero-order chi connectivity index (χ0) is 30.1. The third-order valence-electron chi connectivity index (χ3n) is 9.28. The van der Waals surface area contributed by atoms with E-state index in [-0.39, 0.29) is 0 Å². The van der Waals surface area contributed by atoms with Crippen molar-refractivity contribution in [1.29, 1.82) is 0 Å². The van der Waals surface area contributed by atoms with Gasteiger partial charge in [0.25, 0.3) is 10.1 Å². The lowest BCUT2D eigenvalue weighted by atomic mass is 9.80. The van der Waals surface area contributed by atoms with E-state index < -0.39 is 14.9 Å². The average Bonchev–Trinajstić information content (AvgIpc) is 2.96. The first kappa shape index (κ1) is 38.2. The predicted octanol–water partition coefficient (Wildman–Crippen LogP) is 12.6. The van der Waals surface area contributed by atoms with Gasteiger partial charge in [-0.15, -0.1) is 0 Å². The van der Waals surface area contributed by atoms with Gasteiger partial charge < -0.3 is 0 Å². The molecule has 240 valence electrons. The molecule has 1 rings (SSSR count). The van der Waals surface area contributed by atoms with Crippen molar-refractivity contribution in [2.45, 2.75) is 192 Å². The van der Waals surface area contributed by atoms with Gasteiger partial charge in [0.05, 0.1) is 0 Å². The van der Waals surface area contributed by atoms with Crippen LogP contribution in [0.2, 0.25) is 0 Å². The van der Waals surface area contributed by atoms with Crippen LogP contribution in [0.1, 0.15) is 193 Å². The van der Waals surface area contributed by atoms with Crippen LogP contribution in [0.4, 0.5) is 0 Å². The predicted molar refractivity (Wildman–Crippen MR) is 180 cm³/mol. The van der Waals surface area contributed by atoms with Gasteiger partial charge in [0, 0.05) is 0 Å². The third kappa shape index (κ3) is 17.1. The van der Waals surface area contributed by atoms with Gasteiger partial charge in [-0.25, -0.2) is 0 Å². The Morgan fingerprint density at radius 1 is 0.561 bits per heavy atom. The summed E-state index contributed by atoms with van der Waals surface area (Å²) in [4.78, 5) is 0. The SMILES string of the molecule is CCCCCCCCCCCCCCCCC(CC(CCCCC)CCCCCCC)(c1ccccc1)S(=O)(=O)O. The Kier molecular flexibility index (Phi) is 22.9. The first-order valence-corrected chi connectivity index (χ1v) is 19.4. The lowest BCUT2D eigenvalue weighted by Gasteiger charge is -2.35. The van der Waals surface area contributed by atoms with Gasteiger partial charge in [-0.2, -0.15) is 8.42 Å². The zero-order valence-corrected chi connectivity index (χ0v) is 28.3. The Labute approximate surface area is 256 Å². The fourth-order valence-electron chi connectivity index (χ4n) is 6.63. The van der Waals surface area contributed by atoms with E-state index in [2.05, 4.69) is 20.8 Å². The van der Waals surface area contributed by atoms with Crippen LogP contribution in [0.3, 0.4) is 0 Å². The molecule has 2 unspecified atom stereocenters. The molecule has 0 aliphatic rings. The number of hydrogen-bond acceptors (Lipinski definition) is 2. The van der Waals surface area contributed by atoms with Gasteiger partial charge in [-0.1, -0.05) is 205 Å². The molecule has 0 aliphatic heterocycles. The summed E-state index contributed by atoms with van der Waals surface area (Å²) in [5.41, 5.74) is 0.781. The molecule has 0 saturated carbocycles. The van der Waals surface area contributed by atoms with E-state index in [1.165, 1.54) is 109 Å². The van der Waals surface area contributed by atoms with Crippen LogP contribution in [0.15, 0.2) is 30.3 Å². The smallest absolute Gasteiger partial charge is 0.274 e.